The van der Waals surface area contributed by atoms with Gasteiger partial charge in [0, 0.05) is 11.8 Å². The number of aromatic nitrogens is 1. The summed E-state index contributed by atoms with van der Waals surface area (Å²) in [6.45, 7) is 1.85. The molecule has 0 bridgehead atoms. The van der Waals surface area contributed by atoms with Crippen LogP contribution in [0.5, 0.6) is 0 Å². The molecule has 2 atom stereocenters. The van der Waals surface area contributed by atoms with Gasteiger partial charge in [0.25, 0.3) is 0 Å². The summed E-state index contributed by atoms with van der Waals surface area (Å²) in [6, 6.07) is 5.57. The van der Waals surface area contributed by atoms with Crippen molar-refractivity contribution in [3.63, 3.8) is 0 Å². The van der Waals surface area contributed by atoms with Crippen molar-refractivity contribution < 1.29 is 9.21 Å². The molecule has 0 radical (unpaired) electrons. The normalized spacial score (nSPS) is 21.2. The van der Waals surface area contributed by atoms with Crippen LogP contribution >= 0.6 is 11.6 Å². The number of nitrogens with one attached hydrogen (secondary N) is 1. The van der Waals surface area contributed by atoms with Crippen LogP contribution in [0.4, 0.5) is 5.69 Å². The lowest BCUT2D eigenvalue weighted by atomic mass is 10.2. The van der Waals surface area contributed by atoms with E-state index in [1.807, 2.05) is 25.1 Å². The average molecular weight is 277 g/mol. The zero-order valence-electron chi connectivity index (χ0n) is 10.4. The molecule has 2 aromatic rings. The fourth-order valence-corrected chi connectivity index (χ4v) is 2.27. The van der Waals surface area contributed by atoms with Gasteiger partial charge >= 0.3 is 0 Å². The van der Waals surface area contributed by atoms with E-state index < -0.39 is 0 Å². The molecule has 1 fully saturated rings. The number of anilines is 1. The molecule has 1 aliphatic rings. The molecule has 0 unspecified atom stereocenters. The van der Waals surface area contributed by atoms with Gasteiger partial charge in [-0.05, 0) is 37.1 Å². The number of nitrogens with zero attached hydrogens (tertiary/aromatic N) is 1. The zero-order valence-corrected chi connectivity index (χ0v) is 11.1. The Kier molecular flexibility index (Phi) is 3.03. The van der Waals surface area contributed by atoms with Crippen LogP contribution in [-0.4, -0.2) is 10.9 Å². The number of hydrogen-bond donors (Lipinski definition) is 1. The van der Waals surface area contributed by atoms with Crippen molar-refractivity contribution in [1.29, 1.82) is 0 Å². The van der Waals surface area contributed by atoms with Gasteiger partial charge in [-0.1, -0.05) is 11.6 Å². The fraction of sp³-hybridized carbons (Fsp3) is 0.286. The maximum atomic E-state index is 12.1. The first-order valence-electron chi connectivity index (χ1n) is 6.11. The minimum atomic E-state index is -0.0119. The maximum absolute atomic E-state index is 12.1. The predicted octanol–water partition coefficient (Wildman–Crippen LogP) is 3.38. The summed E-state index contributed by atoms with van der Waals surface area (Å²) in [4.78, 5) is 16.1. The van der Waals surface area contributed by atoms with Crippen LogP contribution in [0.3, 0.4) is 0 Å². The third kappa shape index (κ3) is 2.49. The molecule has 0 saturated heterocycles. The van der Waals surface area contributed by atoms with Gasteiger partial charge in [-0.15, -0.1) is 0 Å². The number of rotatable bonds is 3. The van der Waals surface area contributed by atoms with E-state index in [1.165, 1.54) is 0 Å². The summed E-state index contributed by atoms with van der Waals surface area (Å²) in [5.74, 6) is 1.08. The standard InChI is InChI=1S/C14H13ClN2O2/c1-8-5-9(7-16-13(8)15)17-14(18)11-6-10(11)12-3-2-4-19-12/h2-5,7,10-11H,6H2,1H3,(H,17,18)/t10-,11-/m0/s1. The average Bonchev–Trinajstić information content (AvgIpc) is 3.01. The maximum Gasteiger partial charge on any atom is 0.228 e. The van der Waals surface area contributed by atoms with Crippen LogP contribution in [0.2, 0.25) is 5.15 Å². The molecule has 2 aromatic heterocycles. The number of furan rings is 1. The Hall–Kier alpha value is -1.81. The second kappa shape index (κ2) is 4.70. The van der Waals surface area contributed by atoms with Crippen LogP contribution in [0, 0.1) is 12.8 Å². The first kappa shape index (κ1) is 12.2. The molecule has 5 heteroatoms. The van der Waals surface area contributed by atoms with Crippen LogP contribution in [0.1, 0.15) is 23.7 Å². The summed E-state index contributed by atoms with van der Waals surface area (Å²) in [5.41, 5.74) is 1.52. The minimum absolute atomic E-state index is 0.00456. The molecular weight excluding hydrogens is 264 g/mol. The molecule has 1 saturated carbocycles. The molecule has 1 N–H and O–H groups in total. The molecule has 1 aliphatic carbocycles. The monoisotopic (exact) mass is 276 g/mol. The third-order valence-corrected chi connectivity index (χ3v) is 3.71. The summed E-state index contributed by atoms with van der Waals surface area (Å²) < 4.78 is 5.31. The van der Waals surface area contributed by atoms with E-state index in [1.54, 1.807) is 12.5 Å². The highest BCUT2D eigenvalue weighted by Crippen LogP contribution is 2.48. The molecule has 4 nitrogen and oxygen atoms in total. The highest BCUT2D eigenvalue weighted by atomic mass is 35.5. The molecule has 98 valence electrons. The Balaban J connectivity index is 1.65. The van der Waals surface area contributed by atoms with E-state index >= 15 is 0 Å². The number of aryl methyl sites for hydroxylation is 1. The highest BCUT2D eigenvalue weighted by Gasteiger charge is 2.45. The van der Waals surface area contributed by atoms with Gasteiger partial charge in [0.15, 0.2) is 0 Å². The summed E-state index contributed by atoms with van der Waals surface area (Å²) in [7, 11) is 0. The molecule has 0 aliphatic heterocycles. The Labute approximate surface area is 115 Å². The van der Waals surface area contributed by atoms with Crippen molar-refractivity contribution in [2.75, 3.05) is 5.32 Å². The molecule has 0 aromatic carbocycles. The zero-order chi connectivity index (χ0) is 13.4. The smallest absolute Gasteiger partial charge is 0.228 e. The van der Waals surface area contributed by atoms with Gasteiger partial charge in [0.2, 0.25) is 5.91 Å². The number of carbonyl (C=O) groups excluding carboxylic acids is 1. The minimum Gasteiger partial charge on any atom is -0.469 e. The Bertz CT molecular complexity index is 610. The second-order valence-corrected chi connectivity index (χ2v) is 5.14. The van der Waals surface area contributed by atoms with Gasteiger partial charge in [0.1, 0.15) is 10.9 Å². The SMILES string of the molecule is Cc1cc(NC(=O)[C@H]2C[C@@H]2c2ccco2)cnc1Cl. The number of amides is 1. The van der Waals surface area contributed by atoms with Crippen LogP contribution in [0.15, 0.2) is 35.1 Å². The Morgan fingerprint density at radius 1 is 1.58 bits per heavy atom. The molecule has 1 amide bonds. The van der Waals surface area contributed by atoms with Crippen LogP contribution in [0.25, 0.3) is 0 Å². The van der Waals surface area contributed by atoms with Crippen LogP contribution in [-0.2, 0) is 4.79 Å². The van der Waals surface area contributed by atoms with Gasteiger partial charge in [-0.2, -0.15) is 0 Å². The van der Waals surface area contributed by atoms with Gasteiger partial charge in [-0.3, -0.25) is 4.79 Å². The summed E-state index contributed by atoms with van der Waals surface area (Å²) >= 11 is 5.85. The van der Waals surface area contributed by atoms with Crippen molar-refractivity contribution in [2.45, 2.75) is 19.3 Å². The van der Waals surface area contributed by atoms with Crippen molar-refractivity contribution in [3.05, 3.63) is 47.1 Å². The van der Waals surface area contributed by atoms with Crippen molar-refractivity contribution in [3.8, 4) is 0 Å². The second-order valence-electron chi connectivity index (χ2n) is 4.79. The molecule has 19 heavy (non-hydrogen) atoms. The molecule has 2 heterocycles. The summed E-state index contributed by atoms with van der Waals surface area (Å²) in [6.07, 6.45) is 4.03. The van der Waals surface area contributed by atoms with Crippen molar-refractivity contribution >= 4 is 23.2 Å². The van der Waals surface area contributed by atoms with E-state index in [2.05, 4.69) is 10.3 Å². The van der Waals surface area contributed by atoms with Gasteiger partial charge < -0.3 is 9.73 Å². The number of halogens is 1. The van der Waals surface area contributed by atoms with Gasteiger partial charge in [-0.25, -0.2) is 4.98 Å². The Morgan fingerprint density at radius 2 is 2.42 bits per heavy atom. The van der Waals surface area contributed by atoms with E-state index in [0.29, 0.717) is 10.8 Å². The third-order valence-electron chi connectivity index (χ3n) is 3.32. The predicted molar refractivity (Wildman–Crippen MR) is 72.2 cm³/mol. The molecule has 3 rings (SSSR count). The quantitative estimate of drug-likeness (QED) is 0.875. The lowest BCUT2D eigenvalue weighted by Crippen LogP contribution is -2.14. The number of carbonyl (C=O) groups is 1. The van der Waals surface area contributed by atoms with Gasteiger partial charge in [0.05, 0.1) is 18.1 Å². The lowest BCUT2D eigenvalue weighted by Gasteiger charge is -2.05. The van der Waals surface area contributed by atoms with E-state index in [0.717, 1.165) is 17.7 Å². The number of hydrogen-bond acceptors (Lipinski definition) is 3. The van der Waals surface area contributed by atoms with E-state index in [4.69, 9.17) is 16.0 Å². The first-order valence-corrected chi connectivity index (χ1v) is 6.49. The van der Waals surface area contributed by atoms with Crippen molar-refractivity contribution in [1.82, 2.24) is 4.98 Å². The van der Waals surface area contributed by atoms with Crippen LogP contribution < -0.4 is 5.32 Å². The van der Waals surface area contributed by atoms with E-state index in [9.17, 15) is 4.79 Å². The molecule has 0 spiro atoms. The number of pyridine rings is 1. The Morgan fingerprint density at radius 3 is 3.11 bits per heavy atom. The largest absolute Gasteiger partial charge is 0.469 e. The first-order chi connectivity index (χ1) is 9.15. The fourth-order valence-electron chi connectivity index (χ4n) is 2.16. The summed E-state index contributed by atoms with van der Waals surface area (Å²) in [5, 5.41) is 3.32. The topological polar surface area (TPSA) is 55.1 Å². The molecular formula is C14H13ClN2O2. The van der Waals surface area contributed by atoms with E-state index in [-0.39, 0.29) is 17.7 Å². The van der Waals surface area contributed by atoms with Crippen molar-refractivity contribution in [2.24, 2.45) is 5.92 Å². The highest BCUT2D eigenvalue weighted by molar-refractivity contribution is 6.30. The lowest BCUT2D eigenvalue weighted by molar-refractivity contribution is -0.117.